The van der Waals surface area contributed by atoms with Gasteiger partial charge in [-0.2, -0.15) is 4.57 Å². The van der Waals surface area contributed by atoms with Crippen molar-refractivity contribution in [3.05, 3.63) is 177 Å². The number of benzene rings is 5. The summed E-state index contributed by atoms with van der Waals surface area (Å²) in [6.07, 6.45) is -1.85. The molecule has 0 fully saturated rings. The molecule has 0 unspecified atom stereocenters. The summed E-state index contributed by atoms with van der Waals surface area (Å²) in [4.78, 5) is 16.0. The largest absolute Gasteiger partial charge is 0.287 e. The first kappa shape index (κ1) is 45.6. The highest BCUT2D eigenvalue weighted by molar-refractivity contribution is 7.20. The minimum absolute atomic E-state index is 0.108. The lowest BCUT2D eigenvalue weighted by atomic mass is 9.12. The van der Waals surface area contributed by atoms with Crippen molar-refractivity contribution < 1.29 is 97.2 Å². The molecule has 0 atom stereocenters. The van der Waals surface area contributed by atoms with E-state index in [9.17, 15) is 57.5 Å². The van der Waals surface area contributed by atoms with E-state index in [-0.39, 0.29) is 5.78 Å². The maximum absolute atomic E-state index is 15.4. The number of rotatable bonds is 7. The van der Waals surface area contributed by atoms with Crippen molar-refractivity contribution in [1.82, 2.24) is 4.98 Å². The van der Waals surface area contributed by atoms with Crippen LogP contribution in [-0.4, -0.2) is 16.9 Å². The van der Waals surface area contributed by atoms with E-state index < -0.39 is 144 Å². The third-order valence-corrected chi connectivity index (χ3v) is 9.02. The average Bonchev–Trinajstić information content (AvgIpc) is 3.24. The molecule has 1 heterocycles. The molecule has 0 saturated carbocycles. The lowest BCUT2D eigenvalue weighted by Crippen LogP contribution is -2.81. The van der Waals surface area contributed by atoms with Crippen LogP contribution in [0.25, 0.3) is 0 Å². The van der Waals surface area contributed by atoms with Crippen LogP contribution in [0.2, 0.25) is 0 Å². The number of nitrogens with zero attached hydrogens (tertiary/aromatic N) is 2. The Kier molecular flexibility index (Phi) is 12.6. The van der Waals surface area contributed by atoms with Gasteiger partial charge in [0.15, 0.2) is 82.2 Å². The highest BCUT2D eigenvalue weighted by atomic mass is 19.2. The fourth-order valence-electron chi connectivity index (χ4n) is 6.41. The zero-order valence-electron chi connectivity index (χ0n) is 29.3. The van der Waals surface area contributed by atoms with Crippen molar-refractivity contribution in [2.75, 3.05) is 0 Å². The standard InChI is InChI=1S/C24BF20.C13H13N2O/c26-5-1(6(27)14(35)21(42)13(5)34)25(2-7(28)15(36)22(43)16(37)8(2)29,3-9(30)17(38)23(44)18(39)10(3)31)4-11(32)19(40)24(45)20(41)12(4)33;1-11-9-15(8-7-14-11)10-13(16)12-5-3-2-4-6-12/h;2-9H,10H2,1H3/q-1;+1. The van der Waals surface area contributed by atoms with E-state index in [2.05, 4.69) is 4.98 Å². The number of ketones is 1. The van der Waals surface area contributed by atoms with E-state index in [1.807, 2.05) is 48.0 Å². The summed E-state index contributed by atoms with van der Waals surface area (Å²) >= 11 is 0. The SMILES string of the molecule is Cc1c[n+](CC(=O)c2ccccc2)ccn1.Fc1c(F)c(F)c([B-](c2c(F)c(F)c(F)c(F)c2F)(c2c(F)c(F)c(F)c(F)c2F)c2c(F)c(F)c(F)c(F)c2F)c(F)c1F. The molecule has 0 aliphatic heterocycles. The van der Waals surface area contributed by atoms with Crippen LogP contribution in [0.5, 0.6) is 0 Å². The second kappa shape index (κ2) is 16.9. The van der Waals surface area contributed by atoms with Crippen LogP contribution < -0.4 is 26.4 Å². The third-order valence-electron chi connectivity index (χ3n) is 9.02. The molecule has 6 aromatic rings. The summed E-state index contributed by atoms with van der Waals surface area (Å²) in [5.74, 6) is -71.3. The Morgan fingerprint density at radius 1 is 0.443 bits per heavy atom. The molecule has 1 aromatic heterocycles. The first-order valence-corrected chi connectivity index (χ1v) is 16.1. The summed E-state index contributed by atoms with van der Waals surface area (Å²) in [5.41, 5.74) is -12.7. The Bertz CT molecular complexity index is 2390. The fraction of sp³-hybridized carbons (Fsp3) is 0.0541. The van der Waals surface area contributed by atoms with Gasteiger partial charge in [0.05, 0.1) is 6.20 Å². The monoisotopic (exact) mass is 892 g/mol. The molecule has 0 radical (unpaired) electrons. The van der Waals surface area contributed by atoms with Gasteiger partial charge in [-0.05, 0) is 6.92 Å². The average molecular weight is 892 g/mol. The fourth-order valence-corrected chi connectivity index (χ4v) is 6.41. The molecule has 24 heteroatoms. The molecule has 5 aromatic carbocycles. The predicted molar refractivity (Wildman–Crippen MR) is 169 cm³/mol. The van der Waals surface area contributed by atoms with Gasteiger partial charge >= 0.3 is 0 Å². The molecular weight excluding hydrogens is 879 g/mol. The number of carbonyl (C=O) groups is 1. The summed E-state index contributed by atoms with van der Waals surface area (Å²) in [5, 5.41) is 0. The molecule has 0 aliphatic rings. The first-order chi connectivity index (χ1) is 28.5. The molecule has 0 saturated heterocycles. The zero-order chi connectivity index (χ0) is 45.7. The van der Waals surface area contributed by atoms with Gasteiger partial charge in [0.2, 0.25) is 12.3 Å². The zero-order valence-corrected chi connectivity index (χ0v) is 29.3. The maximum Gasteiger partial charge on any atom is 0.227 e. The minimum atomic E-state index is -7.22. The van der Waals surface area contributed by atoms with Gasteiger partial charge in [-0.3, -0.25) is 4.79 Å². The molecule has 0 aliphatic carbocycles. The van der Waals surface area contributed by atoms with Crippen molar-refractivity contribution in [1.29, 1.82) is 0 Å². The van der Waals surface area contributed by atoms with Gasteiger partial charge in [-0.15, -0.1) is 21.9 Å². The Morgan fingerprint density at radius 2 is 0.705 bits per heavy atom. The van der Waals surface area contributed by atoms with Crippen LogP contribution in [0.1, 0.15) is 16.1 Å². The van der Waals surface area contributed by atoms with Gasteiger partial charge in [-0.25, -0.2) is 92.8 Å². The highest BCUT2D eigenvalue weighted by Crippen LogP contribution is 2.30. The van der Waals surface area contributed by atoms with E-state index >= 15 is 35.1 Å². The summed E-state index contributed by atoms with van der Waals surface area (Å²) in [7, 11) is 0. The van der Waals surface area contributed by atoms with Gasteiger partial charge in [0, 0.05) is 5.56 Å². The second-order valence-electron chi connectivity index (χ2n) is 12.5. The van der Waals surface area contributed by atoms with Crippen molar-refractivity contribution in [2.24, 2.45) is 0 Å². The van der Waals surface area contributed by atoms with E-state index in [0.717, 1.165) is 11.3 Å². The van der Waals surface area contributed by atoms with E-state index in [1.54, 1.807) is 12.4 Å². The van der Waals surface area contributed by atoms with Gasteiger partial charge in [0.1, 0.15) is 58.4 Å². The highest BCUT2D eigenvalue weighted by Gasteiger charge is 2.52. The van der Waals surface area contributed by atoms with Crippen LogP contribution in [0.4, 0.5) is 87.8 Å². The van der Waals surface area contributed by atoms with Crippen molar-refractivity contribution >= 4 is 33.8 Å². The quantitative estimate of drug-likeness (QED) is 0.0419. The van der Waals surface area contributed by atoms with Crippen LogP contribution in [-0.2, 0) is 6.54 Å². The second-order valence-corrected chi connectivity index (χ2v) is 12.5. The number of carbonyl (C=O) groups excluding carboxylic acids is 1. The third kappa shape index (κ3) is 7.30. The molecule has 0 spiro atoms. The molecule has 3 nitrogen and oxygen atoms in total. The Balaban J connectivity index is 0.000000366. The van der Waals surface area contributed by atoms with E-state index in [4.69, 9.17) is 0 Å². The van der Waals surface area contributed by atoms with Crippen LogP contribution in [0.15, 0.2) is 48.9 Å². The Labute approximate surface area is 326 Å². The summed E-state index contributed by atoms with van der Waals surface area (Å²) in [6.45, 7) is 2.26. The van der Waals surface area contributed by atoms with Crippen LogP contribution >= 0.6 is 0 Å². The molecule has 320 valence electrons. The first-order valence-electron chi connectivity index (χ1n) is 16.1. The lowest BCUT2D eigenvalue weighted by molar-refractivity contribution is -0.684. The van der Waals surface area contributed by atoms with Crippen molar-refractivity contribution in [2.45, 2.75) is 13.5 Å². The van der Waals surface area contributed by atoms with E-state index in [1.165, 1.54) is 0 Å². The number of hydrogen-bond acceptors (Lipinski definition) is 2. The molecular formula is C37H13BF20N2O. The van der Waals surface area contributed by atoms with Crippen molar-refractivity contribution in [3.63, 3.8) is 0 Å². The Morgan fingerprint density at radius 3 is 0.967 bits per heavy atom. The number of aromatic nitrogens is 2. The summed E-state index contributed by atoms with van der Waals surface area (Å²) < 4.78 is 296. The normalized spacial score (nSPS) is 11.5. The molecule has 61 heavy (non-hydrogen) atoms. The van der Waals surface area contributed by atoms with E-state index in [0.29, 0.717) is 6.54 Å². The lowest BCUT2D eigenvalue weighted by Gasteiger charge is -2.44. The van der Waals surface area contributed by atoms with Crippen LogP contribution in [0.3, 0.4) is 0 Å². The smallest absolute Gasteiger partial charge is 0.227 e. The predicted octanol–water partition coefficient (Wildman–Crippen LogP) is 7.41. The number of hydrogen-bond donors (Lipinski definition) is 0. The van der Waals surface area contributed by atoms with Crippen LogP contribution in [0, 0.1) is 123 Å². The van der Waals surface area contributed by atoms with Gasteiger partial charge < -0.3 is 0 Å². The molecule has 6 rings (SSSR count). The number of aryl methyl sites for hydroxylation is 1. The topological polar surface area (TPSA) is 33.8 Å². The maximum atomic E-state index is 15.4. The van der Waals surface area contributed by atoms with Crippen molar-refractivity contribution in [3.8, 4) is 0 Å². The molecule has 0 N–H and O–H groups in total. The molecule has 0 amide bonds. The van der Waals surface area contributed by atoms with Gasteiger partial charge in [0.25, 0.3) is 0 Å². The Hall–Kier alpha value is -6.49. The molecule has 0 bridgehead atoms. The number of Topliss-reactive ketones (excluding diaryl/α,β-unsaturated/α-hetero) is 1. The number of halogens is 20. The summed E-state index contributed by atoms with van der Waals surface area (Å²) in [6, 6.07) is 9.31. The minimum Gasteiger partial charge on any atom is -0.287 e. The van der Waals surface area contributed by atoms with Gasteiger partial charge in [-0.1, -0.05) is 30.3 Å².